The number of piperidine rings is 2. The molecule has 0 aromatic rings. The molecule has 9 heteroatoms. The predicted octanol–water partition coefficient (Wildman–Crippen LogP) is 6.52. The predicted molar refractivity (Wildman–Crippen MR) is 208 cm³/mol. The largest absolute Gasteiger partial charge is 0.393 e. The first-order valence-electron chi connectivity index (χ1n) is 22.5. The molecule has 9 nitrogen and oxygen atoms in total. The summed E-state index contributed by atoms with van der Waals surface area (Å²) in [6, 6.07) is -0.0217. The van der Waals surface area contributed by atoms with Crippen LogP contribution in [0.15, 0.2) is 11.1 Å². The van der Waals surface area contributed by atoms with Crippen LogP contribution in [0.2, 0.25) is 0 Å². The third-order valence-electron chi connectivity index (χ3n) is 15.2. The number of likely N-dealkylation sites (tertiary alicyclic amines) is 2. The highest BCUT2D eigenvalue weighted by molar-refractivity contribution is 6.02. The fourth-order valence-corrected chi connectivity index (χ4v) is 12.1. The first-order chi connectivity index (χ1) is 25.9. The molecule has 53 heavy (non-hydrogen) atoms. The van der Waals surface area contributed by atoms with Crippen LogP contribution in [0.3, 0.4) is 0 Å². The molecule has 0 aromatic heterocycles. The lowest BCUT2D eigenvalue weighted by atomic mass is 9.68. The molecule has 3 heterocycles. The number of carbonyl (C=O) groups excluding carboxylic acids is 3. The van der Waals surface area contributed by atoms with E-state index >= 15 is 0 Å². The first kappa shape index (κ1) is 39.4. The van der Waals surface area contributed by atoms with Crippen molar-refractivity contribution in [2.24, 2.45) is 35.5 Å². The van der Waals surface area contributed by atoms with E-state index in [9.17, 15) is 19.5 Å². The number of imide groups is 1. The van der Waals surface area contributed by atoms with Gasteiger partial charge in [0.2, 0.25) is 17.7 Å². The van der Waals surface area contributed by atoms with Crippen molar-refractivity contribution >= 4 is 17.7 Å². The SMILES string of the molecule is CC/C(=C(\C1CCC(O)CC1)C1CCC(OCCN2CCC(CCNC3CCC4C(=O)N(C5CCC(=O)NC5=O)CC4C3)CC2)CC1)C1CCCCC1. The molecule has 3 N–H and O–H groups in total. The summed E-state index contributed by atoms with van der Waals surface area (Å²) in [5, 5.41) is 16.6. The molecule has 4 atom stereocenters. The fourth-order valence-electron chi connectivity index (χ4n) is 12.1. The average Bonchev–Trinajstić information content (AvgIpc) is 3.50. The molecule has 3 aliphatic heterocycles. The lowest BCUT2D eigenvalue weighted by Gasteiger charge is -2.39. The molecule has 298 valence electrons. The van der Waals surface area contributed by atoms with E-state index in [1.165, 1.54) is 109 Å². The number of aliphatic hydroxyl groups excluding tert-OH is 1. The van der Waals surface area contributed by atoms with E-state index in [-0.39, 0.29) is 29.7 Å². The third kappa shape index (κ3) is 9.96. The molecular formula is C44H72N4O5. The highest BCUT2D eigenvalue weighted by atomic mass is 16.5. The summed E-state index contributed by atoms with van der Waals surface area (Å²) in [5.74, 6) is 2.99. The van der Waals surface area contributed by atoms with Crippen molar-refractivity contribution in [3.63, 3.8) is 0 Å². The summed E-state index contributed by atoms with van der Waals surface area (Å²) in [6.45, 7) is 8.40. The fraction of sp³-hybridized carbons (Fsp3) is 0.886. The van der Waals surface area contributed by atoms with Crippen molar-refractivity contribution in [3.05, 3.63) is 11.1 Å². The van der Waals surface area contributed by atoms with E-state index in [1.54, 1.807) is 4.90 Å². The van der Waals surface area contributed by atoms with E-state index in [4.69, 9.17) is 4.74 Å². The lowest BCUT2D eigenvalue weighted by molar-refractivity contribution is -0.144. The topological polar surface area (TPSA) is 111 Å². The summed E-state index contributed by atoms with van der Waals surface area (Å²) in [7, 11) is 0. The zero-order valence-corrected chi connectivity index (χ0v) is 33.0. The van der Waals surface area contributed by atoms with Gasteiger partial charge in [-0.1, -0.05) is 37.3 Å². The number of fused-ring (bicyclic) bond motifs is 1. The second-order valence-electron chi connectivity index (χ2n) is 18.4. The Labute approximate surface area is 320 Å². The second kappa shape index (κ2) is 18.9. The van der Waals surface area contributed by atoms with Crippen molar-refractivity contribution in [2.75, 3.05) is 39.3 Å². The van der Waals surface area contributed by atoms with E-state index in [2.05, 4.69) is 22.5 Å². The Morgan fingerprint density at radius 1 is 0.830 bits per heavy atom. The van der Waals surface area contributed by atoms with Crippen LogP contribution >= 0.6 is 0 Å². The molecule has 0 spiro atoms. The zero-order valence-electron chi connectivity index (χ0n) is 33.0. The van der Waals surface area contributed by atoms with Crippen LogP contribution in [0.4, 0.5) is 0 Å². The Morgan fingerprint density at radius 2 is 1.55 bits per heavy atom. The maximum atomic E-state index is 13.2. The van der Waals surface area contributed by atoms with E-state index < -0.39 is 6.04 Å². The highest BCUT2D eigenvalue weighted by Crippen LogP contribution is 2.46. The Balaban J connectivity index is 0.778. The van der Waals surface area contributed by atoms with Gasteiger partial charge in [0.05, 0.1) is 18.8 Å². The van der Waals surface area contributed by atoms with Gasteiger partial charge in [0.1, 0.15) is 6.04 Å². The Bertz CT molecular complexity index is 1260. The lowest BCUT2D eigenvalue weighted by Crippen LogP contribution is -2.53. The smallest absolute Gasteiger partial charge is 0.249 e. The van der Waals surface area contributed by atoms with Crippen LogP contribution in [-0.2, 0) is 19.1 Å². The number of hydrogen-bond acceptors (Lipinski definition) is 7. The van der Waals surface area contributed by atoms with Gasteiger partial charge in [-0.05, 0) is 165 Å². The Morgan fingerprint density at radius 3 is 2.25 bits per heavy atom. The molecule has 0 bridgehead atoms. The number of amides is 3. The Hall–Kier alpha value is -1.81. The second-order valence-corrected chi connectivity index (χ2v) is 18.4. The van der Waals surface area contributed by atoms with Gasteiger partial charge in [-0.2, -0.15) is 0 Å². The number of allylic oxidation sites excluding steroid dienone is 2. The monoisotopic (exact) mass is 737 g/mol. The van der Waals surface area contributed by atoms with Crippen LogP contribution in [0.1, 0.15) is 148 Å². The van der Waals surface area contributed by atoms with Crippen molar-refractivity contribution in [3.8, 4) is 0 Å². The molecule has 0 aromatic carbocycles. The number of ether oxygens (including phenoxy) is 1. The maximum Gasteiger partial charge on any atom is 0.249 e. The molecule has 4 saturated carbocycles. The van der Waals surface area contributed by atoms with Gasteiger partial charge < -0.3 is 25.0 Å². The average molecular weight is 737 g/mol. The van der Waals surface area contributed by atoms with Gasteiger partial charge in [-0.3, -0.25) is 19.7 Å². The van der Waals surface area contributed by atoms with Crippen LogP contribution in [0, 0.1) is 35.5 Å². The maximum absolute atomic E-state index is 13.2. The van der Waals surface area contributed by atoms with Gasteiger partial charge in [0, 0.05) is 31.5 Å². The Kier molecular flexibility index (Phi) is 14.0. The number of carbonyl (C=O) groups is 3. The molecule has 7 fully saturated rings. The first-order valence-corrected chi connectivity index (χ1v) is 22.5. The number of nitrogens with one attached hydrogen (secondary N) is 2. The van der Waals surface area contributed by atoms with Crippen molar-refractivity contribution < 1.29 is 24.2 Å². The van der Waals surface area contributed by atoms with Gasteiger partial charge in [0.25, 0.3) is 0 Å². The molecule has 4 unspecified atom stereocenters. The van der Waals surface area contributed by atoms with Crippen LogP contribution < -0.4 is 10.6 Å². The van der Waals surface area contributed by atoms with Crippen molar-refractivity contribution in [1.29, 1.82) is 0 Å². The van der Waals surface area contributed by atoms with Gasteiger partial charge in [-0.15, -0.1) is 0 Å². The van der Waals surface area contributed by atoms with Gasteiger partial charge in [-0.25, -0.2) is 0 Å². The van der Waals surface area contributed by atoms with Gasteiger partial charge >= 0.3 is 0 Å². The highest BCUT2D eigenvalue weighted by Gasteiger charge is 2.48. The normalized spacial score (nSPS) is 36.0. The molecular weight excluding hydrogens is 665 g/mol. The van der Waals surface area contributed by atoms with Crippen LogP contribution in [0.25, 0.3) is 0 Å². The third-order valence-corrected chi connectivity index (χ3v) is 15.2. The van der Waals surface area contributed by atoms with E-state index in [0.717, 1.165) is 69.6 Å². The zero-order chi connectivity index (χ0) is 36.7. The van der Waals surface area contributed by atoms with Crippen molar-refractivity contribution in [2.45, 2.75) is 172 Å². The molecule has 7 rings (SSSR count). The van der Waals surface area contributed by atoms with Crippen LogP contribution in [-0.4, -0.2) is 96.3 Å². The number of nitrogens with zero attached hydrogens (tertiary/aromatic N) is 2. The van der Waals surface area contributed by atoms with E-state index in [0.29, 0.717) is 43.4 Å². The minimum absolute atomic E-state index is 0.0413. The van der Waals surface area contributed by atoms with E-state index in [1.807, 2.05) is 11.1 Å². The summed E-state index contributed by atoms with van der Waals surface area (Å²) in [6.07, 6.45) is 25.4. The summed E-state index contributed by atoms with van der Waals surface area (Å²) in [5.41, 5.74) is 3.70. The molecule has 3 amide bonds. The summed E-state index contributed by atoms with van der Waals surface area (Å²) < 4.78 is 6.56. The minimum atomic E-state index is -0.473. The summed E-state index contributed by atoms with van der Waals surface area (Å²) in [4.78, 5) is 41.6. The van der Waals surface area contributed by atoms with Gasteiger partial charge in [0.15, 0.2) is 0 Å². The minimum Gasteiger partial charge on any atom is -0.393 e. The molecule has 4 aliphatic carbocycles. The number of rotatable bonds is 13. The number of aliphatic hydroxyl groups is 1. The molecule has 3 saturated heterocycles. The molecule has 0 radical (unpaired) electrons. The van der Waals surface area contributed by atoms with Crippen LogP contribution in [0.5, 0.6) is 0 Å². The summed E-state index contributed by atoms with van der Waals surface area (Å²) >= 11 is 0. The quantitative estimate of drug-likeness (QED) is 0.146. The number of hydrogen-bond donors (Lipinski definition) is 3. The standard InChI is InChI=1S/C44H72N4O5/c1-2-38(31-6-4-3-5-7-31)42(32-8-13-36(49)14-9-32)33-10-15-37(16-11-33)53-27-26-47-24-21-30(22-25-47)20-23-45-35-12-17-39-34(28-35)29-48(44(39)52)40-18-19-41(50)46-43(40)51/h30-37,39-40,45,49H,2-29H2,1H3,(H,46,50,51)/b42-38-. The van der Waals surface area contributed by atoms with Crippen molar-refractivity contribution in [1.82, 2.24) is 20.4 Å². The molecule has 7 aliphatic rings.